The molecule has 7 heteroatoms. The van der Waals surface area contributed by atoms with Crippen molar-refractivity contribution in [1.29, 1.82) is 0 Å². The lowest BCUT2D eigenvalue weighted by Gasteiger charge is -2.32. The molecule has 1 aliphatic rings. The lowest BCUT2D eigenvalue weighted by molar-refractivity contribution is 0.0707. The first-order chi connectivity index (χ1) is 11.9. The summed E-state index contributed by atoms with van der Waals surface area (Å²) >= 11 is 0. The lowest BCUT2D eigenvalue weighted by Crippen LogP contribution is -2.50. The Hall–Kier alpha value is -2.44. The van der Waals surface area contributed by atoms with E-state index in [4.69, 9.17) is 9.47 Å². The minimum Gasteiger partial charge on any atom is -0.497 e. The summed E-state index contributed by atoms with van der Waals surface area (Å²) in [6.07, 6.45) is 1.47. The molecule has 0 radical (unpaired) electrons. The van der Waals surface area contributed by atoms with Crippen LogP contribution in [0.2, 0.25) is 0 Å². The molecule has 1 aromatic carbocycles. The number of likely N-dealkylation sites (tertiary alicyclic amines) is 1. The van der Waals surface area contributed by atoms with Gasteiger partial charge in [0, 0.05) is 36.8 Å². The van der Waals surface area contributed by atoms with Crippen molar-refractivity contribution in [2.24, 2.45) is 0 Å². The second-order valence-electron chi connectivity index (χ2n) is 6.44. The zero-order valence-electron chi connectivity index (χ0n) is 15.3. The molecule has 0 spiro atoms. The van der Waals surface area contributed by atoms with Crippen LogP contribution >= 0.6 is 0 Å². The fourth-order valence-corrected chi connectivity index (χ4v) is 2.83. The van der Waals surface area contributed by atoms with Gasteiger partial charge in [0.2, 0.25) is 0 Å². The Morgan fingerprint density at radius 3 is 2.12 bits per heavy atom. The molecule has 138 valence electrons. The van der Waals surface area contributed by atoms with Crippen LogP contribution in [-0.2, 0) is 0 Å². The highest BCUT2D eigenvalue weighted by Gasteiger charge is 2.25. The second kappa shape index (κ2) is 8.60. The highest BCUT2D eigenvalue weighted by Crippen LogP contribution is 2.24. The summed E-state index contributed by atoms with van der Waals surface area (Å²) in [6.45, 7) is 5.04. The predicted octanol–water partition coefficient (Wildman–Crippen LogP) is 2.02. The molecule has 2 N–H and O–H groups in total. The van der Waals surface area contributed by atoms with Crippen molar-refractivity contribution >= 4 is 11.9 Å². The molecule has 1 saturated heterocycles. The van der Waals surface area contributed by atoms with Crippen LogP contribution in [0.3, 0.4) is 0 Å². The van der Waals surface area contributed by atoms with Gasteiger partial charge in [0.25, 0.3) is 5.91 Å². The van der Waals surface area contributed by atoms with Crippen molar-refractivity contribution in [2.75, 3.05) is 27.3 Å². The highest BCUT2D eigenvalue weighted by molar-refractivity contribution is 5.95. The van der Waals surface area contributed by atoms with Crippen molar-refractivity contribution in [3.05, 3.63) is 23.8 Å². The predicted molar refractivity (Wildman–Crippen MR) is 95.3 cm³/mol. The normalized spacial score (nSPS) is 15.0. The Balaban J connectivity index is 1.94. The Bertz CT molecular complexity index is 588. The molecule has 1 aromatic rings. The van der Waals surface area contributed by atoms with E-state index < -0.39 is 0 Å². The lowest BCUT2D eigenvalue weighted by atomic mass is 10.0. The van der Waals surface area contributed by atoms with E-state index in [9.17, 15) is 9.59 Å². The minimum atomic E-state index is -0.155. The highest BCUT2D eigenvalue weighted by atomic mass is 16.5. The molecular weight excluding hydrogens is 322 g/mol. The molecule has 7 nitrogen and oxygen atoms in total. The van der Waals surface area contributed by atoms with E-state index in [1.165, 1.54) is 0 Å². The summed E-state index contributed by atoms with van der Waals surface area (Å²) < 4.78 is 10.4. The molecule has 1 heterocycles. The monoisotopic (exact) mass is 349 g/mol. The van der Waals surface area contributed by atoms with Gasteiger partial charge >= 0.3 is 6.03 Å². The second-order valence-corrected chi connectivity index (χ2v) is 6.44. The number of carbonyl (C=O) groups is 2. The average Bonchev–Trinajstić information content (AvgIpc) is 2.60. The Labute approximate surface area is 148 Å². The molecule has 25 heavy (non-hydrogen) atoms. The smallest absolute Gasteiger partial charge is 0.315 e. The van der Waals surface area contributed by atoms with Gasteiger partial charge in [0.1, 0.15) is 11.5 Å². The van der Waals surface area contributed by atoms with Gasteiger partial charge in [-0.15, -0.1) is 0 Å². The molecule has 0 bridgehead atoms. The topological polar surface area (TPSA) is 79.9 Å². The van der Waals surface area contributed by atoms with Crippen LogP contribution in [0, 0.1) is 0 Å². The number of piperidine rings is 1. The first kappa shape index (κ1) is 18.9. The molecule has 1 fully saturated rings. The van der Waals surface area contributed by atoms with Crippen LogP contribution in [0.15, 0.2) is 18.2 Å². The van der Waals surface area contributed by atoms with E-state index in [1.807, 2.05) is 13.8 Å². The maximum Gasteiger partial charge on any atom is 0.315 e. The molecule has 0 saturated carbocycles. The number of hydrogen-bond donors (Lipinski definition) is 2. The number of rotatable bonds is 5. The number of nitrogens with one attached hydrogen (secondary N) is 2. The summed E-state index contributed by atoms with van der Waals surface area (Å²) in [5, 5.41) is 5.77. The van der Waals surface area contributed by atoms with E-state index in [0.717, 1.165) is 12.8 Å². The number of hydrogen-bond acceptors (Lipinski definition) is 4. The van der Waals surface area contributed by atoms with E-state index in [1.54, 1.807) is 37.3 Å². The third-order valence-corrected chi connectivity index (χ3v) is 4.14. The Morgan fingerprint density at radius 2 is 1.64 bits per heavy atom. The van der Waals surface area contributed by atoms with Gasteiger partial charge in [-0.2, -0.15) is 0 Å². The summed E-state index contributed by atoms with van der Waals surface area (Å²) in [4.78, 5) is 26.3. The number of amides is 3. The molecule has 3 amide bonds. The number of nitrogens with zero attached hydrogens (tertiary/aromatic N) is 1. The third kappa shape index (κ3) is 5.27. The number of methoxy groups -OCH3 is 2. The molecule has 0 atom stereocenters. The van der Waals surface area contributed by atoms with Crippen molar-refractivity contribution in [3.63, 3.8) is 0 Å². The first-order valence-electron chi connectivity index (χ1n) is 8.52. The summed E-state index contributed by atoms with van der Waals surface area (Å²) in [7, 11) is 3.12. The first-order valence-corrected chi connectivity index (χ1v) is 8.52. The van der Waals surface area contributed by atoms with Crippen LogP contribution < -0.4 is 20.1 Å². The average molecular weight is 349 g/mol. The number of carbonyl (C=O) groups excluding carboxylic acids is 2. The van der Waals surface area contributed by atoms with E-state index >= 15 is 0 Å². The van der Waals surface area contributed by atoms with Crippen LogP contribution in [0.4, 0.5) is 4.79 Å². The fraction of sp³-hybridized carbons (Fsp3) is 0.556. The summed E-state index contributed by atoms with van der Waals surface area (Å²) in [5.41, 5.74) is 0.542. The Kier molecular flexibility index (Phi) is 6.50. The van der Waals surface area contributed by atoms with Crippen LogP contribution in [0.25, 0.3) is 0 Å². The standard InChI is InChI=1S/C18H27N3O4/c1-12(2)19-18(23)20-14-5-7-21(8-6-14)17(22)13-9-15(24-3)11-16(10-13)25-4/h9-12,14H,5-8H2,1-4H3,(H2,19,20,23). The van der Waals surface area contributed by atoms with Gasteiger partial charge in [-0.25, -0.2) is 4.79 Å². The molecule has 2 rings (SSSR count). The maximum atomic E-state index is 12.7. The molecular formula is C18H27N3O4. The van der Waals surface area contributed by atoms with Crippen molar-refractivity contribution in [2.45, 2.75) is 38.8 Å². The molecule has 0 aromatic heterocycles. The largest absolute Gasteiger partial charge is 0.497 e. The van der Waals surface area contributed by atoms with Crippen LogP contribution in [-0.4, -0.2) is 56.2 Å². The SMILES string of the molecule is COc1cc(OC)cc(C(=O)N2CCC(NC(=O)NC(C)C)CC2)c1. The molecule has 0 aliphatic carbocycles. The molecule has 0 unspecified atom stereocenters. The van der Waals surface area contributed by atoms with Crippen molar-refractivity contribution in [1.82, 2.24) is 15.5 Å². The third-order valence-electron chi connectivity index (χ3n) is 4.14. The van der Waals surface area contributed by atoms with Crippen molar-refractivity contribution in [3.8, 4) is 11.5 Å². The van der Waals surface area contributed by atoms with Crippen LogP contribution in [0.5, 0.6) is 11.5 Å². The maximum absolute atomic E-state index is 12.7. The van der Waals surface area contributed by atoms with E-state index in [2.05, 4.69) is 10.6 Å². The van der Waals surface area contributed by atoms with E-state index in [-0.39, 0.29) is 24.0 Å². The quantitative estimate of drug-likeness (QED) is 0.852. The summed E-state index contributed by atoms with van der Waals surface area (Å²) in [6, 6.07) is 5.20. The Morgan fingerprint density at radius 1 is 1.08 bits per heavy atom. The summed E-state index contributed by atoms with van der Waals surface area (Å²) in [5.74, 6) is 1.12. The van der Waals surface area contributed by atoms with Gasteiger partial charge in [0.15, 0.2) is 0 Å². The van der Waals surface area contributed by atoms with Crippen molar-refractivity contribution < 1.29 is 19.1 Å². The zero-order chi connectivity index (χ0) is 18.4. The zero-order valence-corrected chi connectivity index (χ0v) is 15.3. The van der Waals surface area contributed by atoms with Gasteiger partial charge in [-0.05, 0) is 38.8 Å². The fourth-order valence-electron chi connectivity index (χ4n) is 2.83. The van der Waals surface area contributed by atoms with E-state index in [0.29, 0.717) is 30.2 Å². The number of benzene rings is 1. The van der Waals surface area contributed by atoms with Gasteiger partial charge in [-0.3, -0.25) is 4.79 Å². The van der Waals surface area contributed by atoms with Gasteiger partial charge in [0.05, 0.1) is 14.2 Å². The van der Waals surface area contributed by atoms with Gasteiger partial charge in [-0.1, -0.05) is 0 Å². The van der Waals surface area contributed by atoms with Crippen LogP contribution in [0.1, 0.15) is 37.0 Å². The van der Waals surface area contributed by atoms with Gasteiger partial charge < -0.3 is 25.0 Å². The number of urea groups is 1. The molecule has 1 aliphatic heterocycles. The minimum absolute atomic E-state index is 0.0534. The number of ether oxygens (including phenoxy) is 2.